The second kappa shape index (κ2) is 5.80. The molecule has 0 aliphatic heterocycles. The second-order valence-electron chi connectivity index (χ2n) is 5.15. The number of nitrogens with zero attached hydrogens (tertiary/aromatic N) is 2. The van der Waals surface area contributed by atoms with Gasteiger partial charge in [0.25, 0.3) is 10.0 Å². The molecule has 0 unspecified atom stereocenters. The summed E-state index contributed by atoms with van der Waals surface area (Å²) >= 11 is 0. The van der Waals surface area contributed by atoms with E-state index in [-0.39, 0.29) is 28.3 Å². The highest BCUT2D eigenvalue weighted by Gasteiger charge is 2.20. The van der Waals surface area contributed by atoms with E-state index >= 15 is 0 Å². The lowest BCUT2D eigenvalue weighted by Gasteiger charge is -2.09. The Morgan fingerprint density at radius 3 is 2.59 bits per heavy atom. The molecule has 8 heteroatoms. The quantitative estimate of drug-likeness (QED) is 0.648. The molecular weight excluding hydrogens is 306 g/mol. The van der Waals surface area contributed by atoms with Crippen molar-refractivity contribution in [2.45, 2.75) is 31.8 Å². The van der Waals surface area contributed by atoms with Crippen LogP contribution in [0, 0.1) is 0 Å². The van der Waals surface area contributed by atoms with Gasteiger partial charge in [0.15, 0.2) is 10.8 Å². The SMILES string of the molecule is CC(=O)c1ccc(O)c(NS(=O)(=O)c2cn(C(C)C)cn2)c1. The van der Waals surface area contributed by atoms with Gasteiger partial charge < -0.3 is 9.67 Å². The highest BCUT2D eigenvalue weighted by molar-refractivity contribution is 7.92. The van der Waals surface area contributed by atoms with E-state index in [9.17, 15) is 18.3 Å². The fraction of sp³-hybridized carbons (Fsp3) is 0.286. The van der Waals surface area contributed by atoms with E-state index in [0.717, 1.165) is 0 Å². The van der Waals surface area contributed by atoms with Gasteiger partial charge in [-0.15, -0.1) is 0 Å². The maximum absolute atomic E-state index is 12.3. The average Bonchev–Trinajstić information content (AvgIpc) is 2.91. The molecule has 0 saturated carbocycles. The minimum atomic E-state index is -3.94. The Labute approximate surface area is 128 Å². The maximum Gasteiger partial charge on any atom is 0.281 e. The third-order valence-electron chi connectivity index (χ3n) is 3.10. The molecule has 0 spiro atoms. The van der Waals surface area contributed by atoms with Gasteiger partial charge in [-0.3, -0.25) is 9.52 Å². The zero-order valence-electron chi connectivity index (χ0n) is 12.4. The van der Waals surface area contributed by atoms with Gasteiger partial charge in [-0.05, 0) is 39.0 Å². The molecule has 0 aliphatic rings. The van der Waals surface area contributed by atoms with Gasteiger partial charge in [0.2, 0.25) is 0 Å². The highest BCUT2D eigenvalue weighted by atomic mass is 32.2. The molecule has 1 heterocycles. The summed E-state index contributed by atoms with van der Waals surface area (Å²) in [7, 11) is -3.94. The van der Waals surface area contributed by atoms with Crippen molar-refractivity contribution in [2.75, 3.05) is 4.72 Å². The van der Waals surface area contributed by atoms with E-state index in [1.165, 1.54) is 37.6 Å². The van der Waals surface area contributed by atoms with E-state index in [4.69, 9.17) is 0 Å². The van der Waals surface area contributed by atoms with Crippen molar-refractivity contribution in [3.8, 4) is 5.75 Å². The number of carbonyl (C=O) groups excluding carboxylic acids is 1. The van der Waals surface area contributed by atoms with Crippen molar-refractivity contribution in [1.82, 2.24) is 9.55 Å². The van der Waals surface area contributed by atoms with Gasteiger partial charge in [-0.25, -0.2) is 4.98 Å². The number of sulfonamides is 1. The first-order valence-electron chi connectivity index (χ1n) is 6.61. The van der Waals surface area contributed by atoms with Crippen LogP contribution in [-0.4, -0.2) is 28.9 Å². The number of nitrogens with one attached hydrogen (secondary N) is 1. The van der Waals surface area contributed by atoms with Crippen LogP contribution in [0.25, 0.3) is 0 Å². The Hall–Kier alpha value is -2.35. The molecule has 0 fully saturated rings. The number of imidazole rings is 1. The molecule has 22 heavy (non-hydrogen) atoms. The van der Waals surface area contributed by atoms with Crippen LogP contribution in [0.15, 0.2) is 35.7 Å². The third kappa shape index (κ3) is 3.28. The first kappa shape index (κ1) is 16.0. The van der Waals surface area contributed by atoms with Crippen molar-refractivity contribution < 1.29 is 18.3 Å². The molecule has 1 aromatic heterocycles. The van der Waals surface area contributed by atoms with Gasteiger partial charge in [-0.1, -0.05) is 0 Å². The van der Waals surface area contributed by atoms with Crippen LogP contribution in [0.1, 0.15) is 37.2 Å². The van der Waals surface area contributed by atoms with Gasteiger partial charge in [0, 0.05) is 17.8 Å². The topological polar surface area (TPSA) is 101 Å². The third-order valence-corrected chi connectivity index (χ3v) is 4.35. The molecule has 0 aliphatic carbocycles. The van der Waals surface area contributed by atoms with Crippen LogP contribution in [-0.2, 0) is 10.0 Å². The predicted octanol–water partition coefficient (Wildman–Crippen LogP) is 2.17. The lowest BCUT2D eigenvalue weighted by molar-refractivity contribution is 0.101. The molecular formula is C14H17N3O4S. The number of ketones is 1. The summed E-state index contributed by atoms with van der Waals surface area (Å²) in [6.45, 7) is 5.15. The monoisotopic (exact) mass is 323 g/mol. The number of rotatable bonds is 5. The summed E-state index contributed by atoms with van der Waals surface area (Å²) in [5.41, 5.74) is 0.231. The molecule has 118 valence electrons. The Balaban J connectivity index is 2.36. The number of phenols is 1. The molecule has 0 saturated heterocycles. The number of hydrogen-bond donors (Lipinski definition) is 2. The van der Waals surface area contributed by atoms with E-state index < -0.39 is 10.0 Å². The van der Waals surface area contributed by atoms with Crippen LogP contribution in [0.5, 0.6) is 5.75 Å². The number of aromatic nitrogens is 2. The Kier molecular flexibility index (Phi) is 4.23. The summed E-state index contributed by atoms with van der Waals surface area (Å²) in [5.74, 6) is -0.499. The number of Topliss-reactive ketones (excluding diaryl/α,β-unsaturated/α-hetero) is 1. The lowest BCUT2D eigenvalue weighted by Crippen LogP contribution is -2.14. The normalized spacial score (nSPS) is 11.6. The molecule has 2 rings (SSSR count). The zero-order chi connectivity index (χ0) is 16.5. The molecule has 0 amide bonds. The van der Waals surface area contributed by atoms with E-state index in [0.29, 0.717) is 5.56 Å². The fourth-order valence-electron chi connectivity index (χ4n) is 1.77. The zero-order valence-corrected chi connectivity index (χ0v) is 13.3. The Morgan fingerprint density at radius 2 is 2.05 bits per heavy atom. The minimum absolute atomic E-state index is 0.0632. The Bertz CT molecular complexity index is 809. The number of aromatic hydroxyl groups is 1. The smallest absolute Gasteiger partial charge is 0.281 e. The molecule has 0 atom stereocenters. The largest absolute Gasteiger partial charge is 0.506 e. The van der Waals surface area contributed by atoms with Crippen molar-refractivity contribution in [3.05, 3.63) is 36.3 Å². The maximum atomic E-state index is 12.3. The van der Waals surface area contributed by atoms with Gasteiger partial charge in [0.1, 0.15) is 5.75 Å². The second-order valence-corrected chi connectivity index (χ2v) is 6.78. The molecule has 7 nitrogen and oxygen atoms in total. The molecule has 2 N–H and O–H groups in total. The van der Waals surface area contributed by atoms with Crippen molar-refractivity contribution in [3.63, 3.8) is 0 Å². The minimum Gasteiger partial charge on any atom is -0.506 e. The number of anilines is 1. The summed E-state index contributed by atoms with van der Waals surface area (Å²) in [6, 6.07) is 4.05. The summed E-state index contributed by atoms with van der Waals surface area (Å²) in [5, 5.41) is 9.60. The van der Waals surface area contributed by atoms with Crippen LogP contribution >= 0.6 is 0 Å². The first-order chi connectivity index (χ1) is 10.2. The van der Waals surface area contributed by atoms with Crippen LogP contribution in [0.4, 0.5) is 5.69 Å². The Morgan fingerprint density at radius 1 is 1.36 bits per heavy atom. The fourth-order valence-corrected chi connectivity index (χ4v) is 2.78. The molecule has 0 bridgehead atoms. The molecule has 2 aromatic rings. The predicted molar refractivity (Wildman–Crippen MR) is 81.5 cm³/mol. The van der Waals surface area contributed by atoms with Crippen LogP contribution in [0.3, 0.4) is 0 Å². The van der Waals surface area contributed by atoms with Gasteiger partial charge in [0.05, 0.1) is 12.0 Å². The number of carbonyl (C=O) groups is 1. The molecule has 0 radical (unpaired) electrons. The molecule has 1 aromatic carbocycles. The summed E-state index contributed by atoms with van der Waals surface area (Å²) in [6.07, 6.45) is 2.82. The standard InChI is InChI=1S/C14H17N3O4S/c1-9(2)17-7-14(15-8-17)22(20,21)16-12-6-11(10(3)18)4-5-13(12)19/h4-9,16,19H,1-3H3. The van der Waals surface area contributed by atoms with Crippen LogP contribution < -0.4 is 4.72 Å². The number of phenolic OH excluding ortho intramolecular Hbond substituents is 1. The van der Waals surface area contributed by atoms with E-state index in [1.54, 1.807) is 4.57 Å². The van der Waals surface area contributed by atoms with Crippen LogP contribution in [0.2, 0.25) is 0 Å². The van der Waals surface area contributed by atoms with Crippen molar-refractivity contribution in [1.29, 1.82) is 0 Å². The van der Waals surface area contributed by atoms with Crippen molar-refractivity contribution >= 4 is 21.5 Å². The summed E-state index contributed by atoms with van der Waals surface area (Å²) < 4.78 is 28.5. The average molecular weight is 323 g/mol. The van der Waals surface area contributed by atoms with E-state index in [1.807, 2.05) is 13.8 Å². The lowest BCUT2D eigenvalue weighted by atomic mass is 10.1. The van der Waals surface area contributed by atoms with Crippen molar-refractivity contribution in [2.24, 2.45) is 0 Å². The summed E-state index contributed by atoms with van der Waals surface area (Å²) in [4.78, 5) is 15.2. The number of benzene rings is 1. The van der Waals surface area contributed by atoms with Gasteiger partial charge >= 0.3 is 0 Å². The highest BCUT2D eigenvalue weighted by Crippen LogP contribution is 2.27. The van der Waals surface area contributed by atoms with Gasteiger partial charge in [-0.2, -0.15) is 8.42 Å². The van der Waals surface area contributed by atoms with E-state index in [2.05, 4.69) is 9.71 Å². The first-order valence-corrected chi connectivity index (χ1v) is 8.09. The number of hydrogen-bond acceptors (Lipinski definition) is 5.